The highest BCUT2D eigenvalue weighted by Gasteiger charge is 2.37. The van der Waals surface area contributed by atoms with Crippen LogP contribution >= 0.6 is 11.6 Å². The molecule has 0 spiro atoms. The number of carbonyl (C=O) groups is 4. The molecule has 0 saturated carbocycles. The molecule has 0 saturated heterocycles. The van der Waals surface area contributed by atoms with Gasteiger partial charge in [0.05, 0.1) is 18.2 Å². The van der Waals surface area contributed by atoms with Gasteiger partial charge in [0.1, 0.15) is 16.5 Å². The molecule has 0 bridgehead atoms. The Bertz CT molecular complexity index is 1330. The summed E-state index contributed by atoms with van der Waals surface area (Å²) in [6.07, 6.45) is 0.512. The Balaban J connectivity index is 1.37. The number of anilines is 1. The van der Waals surface area contributed by atoms with E-state index >= 15 is 0 Å². The van der Waals surface area contributed by atoms with Crippen LogP contribution in [0.4, 0.5) is 5.69 Å². The summed E-state index contributed by atoms with van der Waals surface area (Å²) in [7, 11) is 1.28. The minimum Gasteiger partial charge on any atom is -0.465 e. The Morgan fingerprint density at radius 3 is 2.08 bits per heavy atom. The molecule has 0 unspecified atom stereocenters. The first kappa shape index (κ1) is 24.7. The van der Waals surface area contributed by atoms with Gasteiger partial charge in [0, 0.05) is 12.2 Å². The number of nitrogens with zero attached hydrogens (tertiary/aromatic N) is 1. The van der Waals surface area contributed by atoms with Crippen LogP contribution in [0.1, 0.15) is 26.3 Å². The van der Waals surface area contributed by atoms with Crippen molar-refractivity contribution < 1.29 is 28.7 Å². The minimum atomic E-state index is -0.608. The highest BCUT2D eigenvalue weighted by atomic mass is 35.5. The molecule has 3 aromatic carbocycles. The number of imide groups is 1. The fourth-order valence-corrected chi connectivity index (χ4v) is 3.75. The highest BCUT2D eigenvalue weighted by Crippen LogP contribution is 2.26. The van der Waals surface area contributed by atoms with Crippen LogP contribution in [0.3, 0.4) is 0 Å². The standard InChI is InChI=1S/C27H21ClN2O6/c1-35-26(33)18-9-13-21(14-10-18)36-27(34)19-7-11-20(12-8-19)29-23-22(28)24(31)30(25(23)32)16-15-17-5-3-2-4-6-17/h2-14,29H,15-16H2,1H3. The average molecular weight is 505 g/mol. The average Bonchev–Trinajstić information content (AvgIpc) is 3.11. The molecule has 0 atom stereocenters. The first-order chi connectivity index (χ1) is 17.4. The van der Waals surface area contributed by atoms with Gasteiger partial charge in [-0.15, -0.1) is 0 Å². The zero-order valence-corrected chi connectivity index (χ0v) is 20.0. The van der Waals surface area contributed by atoms with Gasteiger partial charge in [-0.25, -0.2) is 9.59 Å². The Morgan fingerprint density at radius 1 is 0.833 bits per heavy atom. The van der Waals surface area contributed by atoms with Gasteiger partial charge in [-0.2, -0.15) is 0 Å². The van der Waals surface area contributed by atoms with Crippen LogP contribution in [0, 0.1) is 0 Å². The van der Waals surface area contributed by atoms with Crippen molar-refractivity contribution in [3.8, 4) is 5.75 Å². The summed E-state index contributed by atoms with van der Waals surface area (Å²) in [6.45, 7) is 0.203. The van der Waals surface area contributed by atoms with E-state index < -0.39 is 23.8 Å². The fourth-order valence-electron chi connectivity index (χ4n) is 3.52. The van der Waals surface area contributed by atoms with E-state index in [4.69, 9.17) is 16.3 Å². The van der Waals surface area contributed by atoms with Crippen molar-refractivity contribution >= 4 is 41.0 Å². The predicted octanol–water partition coefficient (Wildman–Crippen LogP) is 4.17. The second kappa shape index (κ2) is 10.9. The molecule has 3 aromatic rings. The van der Waals surface area contributed by atoms with E-state index in [1.165, 1.54) is 43.5 Å². The van der Waals surface area contributed by atoms with Crippen molar-refractivity contribution in [1.82, 2.24) is 4.90 Å². The normalized spacial score (nSPS) is 13.1. The molecule has 182 valence electrons. The first-order valence-electron chi connectivity index (χ1n) is 10.9. The Hall–Kier alpha value is -4.43. The van der Waals surface area contributed by atoms with E-state index in [9.17, 15) is 19.2 Å². The number of rotatable bonds is 8. The minimum absolute atomic E-state index is 0.0178. The van der Waals surface area contributed by atoms with Gasteiger partial charge in [0.25, 0.3) is 11.8 Å². The Morgan fingerprint density at radius 2 is 1.44 bits per heavy atom. The topological polar surface area (TPSA) is 102 Å². The number of hydrogen-bond acceptors (Lipinski definition) is 7. The number of esters is 2. The van der Waals surface area contributed by atoms with Crippen LogP contribution < -0.4 is 10.1 Å². The molecule has 0 aromatic heterocycles. The van der Waals surface area contributed by atoms with Crippen molar-refractivity contribution in [2.45, 2.75) is 6.42 Å². The second-order valence-electron chi connectivity index (χ2n) is 7.79. The third kappa shape index (κ3) is 5.45. The maximum absolute atomic E-state index is 12.8. The summed E-state index contributed by atoms with van der Waals surface area (Å²) in [6, 6.07) is 21.6. The Labute approximate surface area is 212 Å². The van der Waals surface area contributed by atoms with Crippen molar-refractivity contribution in [2.24, 2.45) is 0 Å². The van der Waals surface area contributed by atoms with Gasteiger partial charge in [0.15, 0.2) is 0 Å². The molecule has 1 aliphatic rings. The van der Waals surface area contributed by atoms with Crippen molar-refractivity contribution in [3.05, 3.63) is 106 Å². The van der Waals surface area contributed by atoms with Gasteiger partial charge >= 0.3 is 11.9 Å². The smallest absolute Gasteiger partial charge is 0.343 e. The molecular weight excluding hydrogens is 484 g/mol. The lowest BCUT2D eigenvalue weighted by atomic mass is 10.1. The number of benzene rings is 3. The van der Waals surface area contributed by atoms with Crippen LogP contribution in [0.25, 0.3) is 0 Å². The lowest BCUT2D eigenvalue weighted by Crippen LogP contribution is -2.34. The third-order valence-corrected chi connectivity index (χ3v) is 5.80. The van der Waals surface area contributed by atoms with Gasteiger partial charge in [-0.1, -0.05) is 41.9 Å². The second-order valence-corrected chi connectivity index (χ2v) is 8.17. The molecule has 1 aliphatic heterocycles. The zero-order valence-electron chi connectivity index (χ0n) is 19.2. The van der Waals surface area contributed by atoms with Crippen LogP contribution in [0.2, 0.25) is 0 Å². The van der Waals surface area contributed by atoms with Gasteiger partial charge in [0.2, 0.25) is 0 Å². The SMILES string of the molecule is COC(=O)c1ccc(OC(=O)c2ccc(NC3=C(Cl)C(=O)N(CCc4ccccc4)C3=O)cc2)cc1. The number of methoxy groups -OCH3 is 1. The molecule has 0 aliphatic carbocycles. The monoisotopic (exact) mass is 504 g/mol. The molecule has 9 heteroatoms. The van der Waals surface area contributed by atoms with E-state index in [-0.39, 0.29) is 28.6 Å². The fraction of sp³-hybridized carbons (Fsp3) is 0.111. The van der Waals surface area contributed by atoms with Crippen molar-refractivity contribution in [3.63, 3.8) is 0 Å². The quantitative estimate of drug-likeness (QED) is 0.279. The molecule has 4 rings (SSSR count). The van der Waals surface area contributed by atoms with E-state index in [0.29, 0.717) is 17.7 Å². The van der Waals surface area contributed by atoms with Crippen LogP contribution in [0.5, 0.6) is 5.75 Å². The summed E-state index contributed by atoms with van der Waals surface area (Å²) >= 11 is 6.16. The zero-order chi connectivity index (χ0) is 25.7. The van der Waals surface area contributed by atoms with Crippen molar-refractivity contribution in [1.29, 1.82) is 0 Å². The molecule has 2 amide bonds. The molecule has 1 N–H and O–H groups in total. The number of nitrogens with one attached hydrogen (secondary N) is 1. The molecule has 0 radical (unpaired) electrons. The molecule has 1 heterocycles. The van der Waals surface area contributed by atoms with E-state index in [1.807, 2.05) is 30.3 Å². The summed E-state index contributed by atoms with van der Waals surface area (Å²) in [4.78, 5) is 50.4. The van der Waals surface area contributed by atoms with Crippen molar-refractivity contribution in [2.75, 3.05) is 19.0 Å². The van der Waals surface area contributed by atoms with Crippen LogP contribution in [-0.2, 0) is 20.7 Å². The van der Waals surface area contributed by atoms with Crippen LogP contribution in [-0.4, -0.2) is 42.3 Å². The van der Waals surface area contributed by atoms with Gasteiger partial charge in [-0.3, -0.25) is 14.5 Å². The van der Waals surface area contributed by atoms with Gasteiger partial charge in [-0.05, 0) is 60.5 Å². The van der Waals surface area contributed by atoms with Gasteiger partial charge < -0.3 is 14.8 Å². The highest BCUT2D eigenvalue weighted by molar-refractivity contribution is 6.48. The maximum Gasteiger partial charge on any atom is 0.343 e. The Kier molecular flexibility index (Phi) is 7.46. The van der Waals surface area contributed by atoms with E-state index in [2.05, 4.69) is 10.1 Å². The summed E-state index contributed by atoms with van der Waals surface area (Å²) in [5, 5.41) is 2.69. The summed E-state index contributed by atoms with van der Waals surface area (Å²) < 4.78 is 9.95. The first-order valence-corrected chi connectivity index (χ1v) is 11.3. The summed E-state index contributed by atoms with van der Waals surface area (Å²) in [5.41, 5.74) is 2.04. The summed E-state index contributed by atoms with van der Waals surface area (Å²) in [5.74, 6) is -1.91. The molecule has 36 heavy (non-hydrogen) atoms. The lowest BCUT2D eigenvalue weighted by Gasteiger charge is -2.15. The largest absolute Gasteiger partial charge is 0.465 e. The lowest BCUT2D eigenvalue weighted by molar-refractivity contribution is -0.137. The molecular formula is C27H21ClN2O6. The number of halogens is 1. The third-order valence-electron chi connectivity index (χ3n) is 5.45. The number of amides is 2. The van der Waals surface area contributed by atoms with E-state index in [0.717, 1.165) is 10.5 Å². The van der Waals surface area contributed by atoms with Crippen LogP contribution in [0.15, 0.2) is 89.6 Å². The maximum atomic E-state index is 12.8. The molecule has 0 fully saturated rings. The predicted molar refractivity (Wildman–Crippen MR) is 133 cm³/mol. The number of ether oxygens (including phenoxy) is 2. The van der Waals surface area contributed by atoms with E-state index in [1.54, 1.807) is 12.1 Å². The molecule has 8 nitrogen and oxygen atoms in total. The number of hydrogen-bond donors (Lipinski definition) is 1. The number of carbonyl (C=O) groups excluding carboxylic acids is 4.